The van der Waals surface area contributed by atoms with Crippen molar-refractivity contribution in [2.75, 3.05) is 6.61 Å². The molecule has 1 atom stereocenters. The summed E-state index contributed by atoms with van der Waals surface area (Å²) in [6.45, 7) is 7.11. The molecular formula is C13H20O3Si. The van der Waals surface area contributed by atoms with Gasteiger partial charge in [-0.05, 0) is 18.4 Å². The quantitative estimate of drug-likeness (QED) is 0.532. The second kappa shape index (κ2) is 4.09. The first-order chi connectivity index (χ1) is 7.83. The van der Waals surface area contributed by atoms with Crippen molar-refractivity contribution in [1.29, 1.82) is 0 Å². The molecule has 2 rings (SSSR count). The van der Waals surface area contributed by atoms with Crippen LogP contribution in [0.3, 0.4) is 0 Å². The first-order valence-corrected chi connectivity index (χ1v) is 9.82. The molecule has 1 saturated carbocycles. The third-order valence-electron chi connectivity index (χ3n) is 3.53. The summed E-state index contributed by atoms with van der Waals surface area (Å²) in [4.78, 5) is 23.7. The molecule has 0 radical (unpaired) electrons. The van der Waals surface area contributed by atoms with Crippen molar-refractivity contribution >= 4 is 19.8 Å². The van der Waals surface area contributed by atoms with Crippen molar-refractivity contribution in [1.82, 2.24) is 0 Å². The Balaban J connectivity index is 2.37. The maximum atomic E-state index is 12.0. The van der Waals surface area contributed by atoms with E-state index in [4.69, 9.17) is 4.74 Å². The second-order valence-corrected chi connectivity index (χ2v) is 11.3. The Kier molecular flexibility index (Phi) is 3.02. The van der Waals surface area contributed by atoms with Crippen molar-refractivity contribution < 1.29 is 14.3 Å². The Morgan fingerprint density at radius 1 is 1.29 bits per heavy atom. The maximum absolute atomic E-state index is 12.0. The molecule has 1 unspecified atom stereocenters. The molecule has 1 aliphatic carbocycles. The van der Waals surface area contributed by atoms with Gasteiger partial charge in [0.1, 0.15) is 12.4 Å². The first-order valence-electron chi connectivity index (χ1n) is 6.25. The summed E-state index contributed by atoms with van der Waals surface area (Å²) in [6, 6.07) is 0. The fraction of sp³-hybridized carbons (Fsp3) is 0.692. The molecule has 0 N–H and O–H groups in total. The van der Waals surface area contributed by atoms with E-state index in [1.54, 1.807) is 0 Å². The number of hydrogen-bond donors (Lipinski definition) is 0. The molecule has 2 fully saturated rings. The lowest BCUT2D eigenvalue weighted by molar-refractivity contribution is -0.149. The fourth-order valence-corrected chi connectivity index (χ4v) is 4.21. The molecule has 0 aromatic heterocycles. The number of ether oxygens (including phenoxy) is 1. The number of esters is 1. The number of ketones is 1. The number of carbonyl (C=O) groups excluding carboxylic acids is 2. The molecule has 0 bridgehead atoms. The number of hydrogen-bond acceptors (Lipinski definition) is 3. The lowest BCUT2D eigenvalue weighted by Gasteiger charge is -2.30. The van der Waals surface area contributed by atoms with Gasteiger partial charge in [-0.3, -0.25) is 9.59 Å². The zero-order valence-corrected chi connectivity index (χ0v) is 11.8. The van der Waals surface area contributed by atoms with Gasteiger partial charge in [-0.2, -0.15) is 0 Å². The lowest BCUT2D eigenvalue weighted by Crippen LogP contribution is -2.35. The van der Waals surface area contributed by atoms with Crippen LogP contribution in [0.1, 0.15) is 25.7 Å². The van der Waals surface area contributed by atoms with Crippen LogP contribution < -0.4 is 0 Å². The van der Waals surface area contributed by atoms with Gasteiger partial charge in [0.05, 0.1) is 13.5 Å². The van der Waals surface area contributed by atoms with Crippen LogP contribution in [0.15, 0.2) is 11.3 Å². The molecule has 1 heterocycles. The largest absolute Gasteiger partial charge is 0.460 e. The highest BCUT2D eigenvalue weighted by molar-refractivity contribution is 6.81. The molecule has 94 valence electrons. The highest BCUT2D eigenvalue weighted by atomic mass is 28.3. The lowest BCUT2D eigenvalue weighted by atomic mass is 9.70. The highest BCUT2D eigenvalue weighted by Crippen LogP contribution is 2.46. The molecule has 0 aromatic rings. The normalized spacial score (nSPS) is 32.3. The Morgan fingerprint density at radius 2 is 2.00 bits per heavy atom. The van der Waals surface area contributed by atoms with Crippen LogP contribution in [0, 0.1) is 5.41 Å². The standard InChI is InChI=1S/C13H20O3Si/c1-17(2,3)9-10-8-16-12(15)13(10)6-4-5-11(14)7-13/h9H,4-8H2,1-3H3/b10-9+. The number of carbonyl (C=O) groups is 2. The molecular weight excluding hydrogens is 232 g/mol. The maximum Gasteiger partial charge on any atom is 0.317 e. The fourth-order valence-electron chi connectivity index (χ4n) is 2.80. The van der Waals surface area contributed by atoms with Crippen LogP contribution in [0.25, 0.3) is 0 Å². The Labute approximate surface area is 103 Å². The molecule has 1 saturated heterocycles. The van der Waals surface area contributed by atoms with Gasteiger partial charge >= 0.3 is 5.97 Å². The van der Waals surface area contributed by atoms with E-state index in [9.17, 15) is 9.59 Å². The molecule has 3 nitrogen and oxygen atoms in total. The molecule has 2 aliphatic rings. The summed E-state index contributed by atoms with van der Waals surface area (Å²) >= 11 is 0. The summed E-state index contributed by atoms with van der Waals surface area (Å²) < 4.78 is 5.22. The molecule has 1 spiro atoms. The molecule has 1 aliphatic heterocycles. The minimum atomic E-state index is -1.39. The van der Waals surface area contributed by atoms with Crippen LogP contribution in [-0.4, -0.2) is 26.4 Å². The third-order valence-corrected chi connectivity index (χ3v) is 4.74. The van der Waals surface area contributed by atoms with Crippen molar-refractivity contribution in [2.45, 2.75) is 45.3 Å². The predicted molar refractivity (Wildman–Crippen MR) is 68.3 cm³/mol. The summed E-state index contributed by atoms with van der Waals surface area (Å²) in [5, 5.41) is 0. The number of Topliss-reactive ketones (excluding diaryl/α,β-unsaturated/α-hetero) is 1. The van der Waals surface area contributed by atoms with E-state index in [0.29, 0.717) is 19.4 Å². The molecule has 4 heteroatoms. The average Bonchev–Trinajstić information content (AvgIpc) is 2.45. The van der Waals surface area contributed by atoms with E-state index in [1.807, 2.05) is 0 Å². The number of cyclic esters (lactones) is 1. The van der Waals surface area contributed by atoms with Crippen LogP contribution in [-0.2, 0) is 14.3 Å². The zero-order valence-electron chi connectivity index (χ0n) is 10.8. The monoisotopic (exact) mass is 252 g/mol. The van der Waals surface area contributed by atoms with E-state index in [2.05, 4.69) is 25.3 Å². The van der Waals surface area contributed by atoms with Gasteiger partial charge in [-0.15, -0.1) is 0 Å². The van der Waals surface area contributed by atoms with E-state index in [0.717, 1.165) is 18.4 Å². The van der Waals surface area contributed by atoms with E-state index >= 15 is 0 Å². The summed E-state index contributed by atoms with van der Waals surface area (Å²) in [7, 11) is -1.39. The summed E-state index contributed by atoms with van der Waals surface area (Å²) in [5.41, 5.74) is 2.74. The minimum Gasteiger partial charge on any atom is -0.460 e. The topological polar surface area (TPSA) is 43.4 Å². The van der Waals surface area contributed by atoms with Gasteiger partial charge in [0.15, 0.2) is 0 Å². The Hall–Kier alpha value is -0.903. The first kappa shape index (κ1) is 12.6. The van der Waals surface area contributed by atoms with Crippen LogP contribution >= 0.6 is 0 Å². The third kappa shape index (κ3) is 2.36. The average molecular weight is 252 g/mol. The van der Waals surface area contributed by atoms with Gasteiger partial charge in [0, 0.05) is 12.8 Å². The van der Waals surface area contributed by atoms with Gasteiger partial charge < -0.3 is 4.74 Å². The zero-order chi connectivity index (χ0) is 12.7. The smallest absolute Gasteiger partial charge is 0.317 e. The minimum absolute atomic E-state index is 0.171. The van der Waals surface area contributed by atoms with Crippen molar-refractivity contribution in [2.24, 2.45) is 5.41 Å². The van der Waals surface area contributed by atoms with Crippen molar-refractivity contribution in [3.63, 3.8) is 0 Å². The van der Waals surface area contributed by atoms with Crippen LogP contribution in [0.2, 0.25) is 19.6 Å². The van der Waals surface area contributed by atoms with Crippen LogP contribution in [0.5, 0.6) is 0 Å². The number of rotatable bonds is 1. The van der Waals surface area contributed by atoms with Crippen LogP contribution in [0.4, 0.5) is 0 Å². The second-order valence-electron chi connectivity index (χ2n) is 6.26. The van der Waals surface area contributed by atoms with E-state index in [-0.39, 0.29) is 11.8 Å². The SMILES string of the molecule is C[Si](C)(C)/C=C1\COC(=O)C12CCCC(=O)C2. The van der Waals surface area contributed by atoms with E-state index in [1.165, 1.54) is 0 Å². The van der Waals surface area contributed by atoms with E-state index < -0.39 is 13.5 Å². The highest BCUT2D eigenvalue weighted by Gasteiger charge is 2.51. The summed E-state index contributed by atoms with van der Waals surface area (Å²) in [5.74, 6) is 0.0339. The van der Waals surface area contributed by atoms with Crippen molar-refractivity contribution in [3.05, 3.63) is 11.3 Å². The predicted octanol–water partition coefficient (Wildman–Crippen LogP) is 2.48. The van der Waals surface area contributed by atoms with Gasteiger partial charge in [-0.25, -0.2) is 0 Å². The molecule has 17 heavy (non-hydrogen) atoms. The molecule has 0 amide bonds. The Bertz CT molecular complexity index is 392. The Morgan fingerprint density at radius 3 is 2.59 bits per heavy atom. The molecule has 0 aromatic carbocycles. The summed E-state index contributed by atoms with van der Waals surface area (Å²) in [6.07, 6.45) is 2.59. The van der Waals surface area contributed by atoms with Gasteiger partial charge in [0.2, 0.25) is 0 Å². The van der Waals surface area contributed by atoms with Gasteiger partial charge in [-0.1, -0.05) is 25.3 Å². The van der Waals surface area contributed by atoms with Crippen molar-refractivity contribution in [3.8, 4) is 0 Å². The van der Waals surface area contributed by atoms with Gasteiger partial charge in [0.25, 0.3) is 0 Å².